The summed E-state index contributed by atoms with van der Waals surface area (Å²) in [5.41, 5.74) is 1.91. The molecule has 32 heavy (non-hydrogen) atoms. The Morgan fingerprint density at radius 2 is 1.31 bits per heavy atom. The molecule has 0 saturated carbocycles. The number of unbranched alkanes of at least 4 members (excludes halogenated alkanes) is 8. The van der Waals surface area contributed by atoms with Gasteiger partial charge in [0.15, 0.2) is 0 Å². The van der Waals surface area contributed by atoms with Gasteiger partial charge in [0.25, 0.3) is 0 Å². The molecule has 0 aromatic heterocycles. The molecule has 1 aromatic carbocycles. The summed E-state index contributed by atoms with van der Waals surface area (Å²) in [7, 11) is 0. The molecule has 0 saturated heterocycles. The maximum atomic E-state index is 12.5. The van der Waals surface area contributed by atoms with Crippen molar-refractivity contribution in [2.45, 2.75) is 96.3 Å². The van der Waals surface area contributed by atoms with Gasteiger partial charge in [0.05, 0.1) is 24.3 Å². The van der Waals surface area contributed by atoms with E-state index in [2.05, 4.69) is 0 Å². The van der Waals surface area contributed by atoms with E-state index in [-0.39, 0.29) is 18.4 Å². The van der Waals surface area contributed by atoms with Crippen LogP contribution in [-0.2, 0) is 20.7 Å². The fourth-order valence-electron chi connectivity index (χ4n) is 4.00. The summed E-state index contributed by atoms with van der Waals surface area (Å²) < 4.78 is 10.8. The summed E-state index contributed by atoms with van der Waals surface area (Å²) in [6, 6.07) is 5.15. The monoisotopic (exact) mass is 446 g/mol. The third kappa shape index (κ3) is 10.3. The summed E-state index contributed by atoms with van der Waals surface area (Å²) in [5, 5.41) is 8.64. The van der Waals surface area contributed by atoms with Crippen LogP contribution in [0.15, 0.2) is 18.2 Å². The lowest BCUT2D eigenvalue weighted by atomic mass is 9.97. The molecule has 0 fully saturated rings. The molecule has 6 heteroatoms. The highest BCUT2D eigenvalue weighted by molar-refractivity contribution is 5.94. The Bertz CT molecular complexity index is 727. The van der Waals surface area contributed by atoms with E-state index < -0.39 is 5.97 Å². The van der Waals surface area contributed by atoms with Gasteiger partial charge in [0, 0.05) is 6.42 Å². The van der Waals surface area contributed by atoms with E-state index in [4.69, 9.17) is 14.6 Å². The Labute approximate surface area is 191 Å². The van der Waals surface area contributed by atoms with Gasteiger partial charge in [-0.15, -0.1) is 0 Å². The largest absolute Gasteiger partial charge is 0.481 e. The second-order valence-corrected chi connectivity index (χ2v) is 8.63. The van der Waals surface area contributed by atoms with Crippen LogP contribution in [0.25, 0.3) is 0 Å². The van der Waals surface area contributed by atoms with Crippen molar-refractivity contribution in [2.24, 2.45) is 0 Å². The van der Waals surface area contributed by atoms with E-state index >= 15 is 0 Å². The summed E-state index contributed by atoms with van der Waals surface area (Å²) in [6.45, 7) is 0.853. The van der Waals surface area contributed by atoms with E-state index in [9.17, 15) is 14.4 Å². The molecule has 178 valence electrons. The summed E-state index contributed by atoms with van der Waals surface area (Å²) >= 11 is 0. The quantitative estimate of drug-likeness (QED) is 0.308. The first-order chi connectivity index (χ1) is 15.6. The predicted octanol–water partition coefficient (Wildman–Crippen LogP) is 6.10. The van der Waals surface area contributed by atoms with E-state index in [0.717, 1.165) is 82.6 Å². The van der Waals surface area contributed by atoms with Crippen LogP contribution in [0.5, 0.6) is 0 Å². The fourth-order valence-corrected chi connectivity index (χ4v) is 4.00. The molecular weight excluding hydrogens is 408 g/mol. The topological polar surface area (TPSA) is 89.9 Å². The van der Waals surface area contributed by atoms with Crippen LogP contribution in [0.4, 0.5) is 0 Å². The molecule has 0 unspecified atom stereocenters. The average Bonchev–Trinajstić information content (AvgIpc) is 2.78. The second-order valence-electron chi connectivity index (χ2n) is 8.63. The summed E-state index contributed by atoms with van der Waals surface area (Å²) in [4.78, 5) is 35.4. The Morgan fingerprint density at radius 1 is 0.750 bits per heavy atom. The first-order valence-corrected chi connectivity index (χ1v) is 12.3. The minimum atomic E-state index is -0.710. The van der Waals surface area contributed by atoms with Crippen LogP contribution in [0.1, 0.15) is 116 Å². The first-order valence-electron chi connectivity index (χ1n) is 12.3. The third-order valence-electron chi connectivity index (χ3n) is 5.90. The van der Waals surface area contributed by atoms with Crippen molar-refractivity contribution >= 4 is 17.9 Å². The van der Waals surface area contributed by atoms with Gasteiger partial charge in [0.1, 0.15) is 0 Å². The number of esters is 2. The summed E-state index contributed by atoms with van der Waals surface area (Å²) in [5.74, 6) is -1.34. The highest BCUT2D eigenvalue weighted by atomic mass is 16.5. The van der Waals surface area contributed by atoms with Gasteiger partial charge in [-0.1, -0.05) is 44.9 Å². The molecule has 2 aliphatic rings. The van der Waals surface area contributed by atoms with Crippen molar-refractivity contribution in [3.8, 4) is 0 Å². The second kappa shape index (κ2) is 15.4. The van der Waals surface area contributed by atoms with Gasteiger partial charge in [0.2, 0.25) is 0 Å². The van der Waals surface area contributed by atoms with Crippen molar-refractivity contribution in [1.29, 1.82) is 0 Å². The normalized spacial score (nSPS) is 15.1. The van der Waals surface area contributed by atoms with Gasteiger partial charge in [-0.2, -0.15) is 0 Å². The SMILES string of the molecule is O=C(O)CCCCCCCCCCCc1cc2ccc1C(=O)OCCCCCCOC2=O. The lowest BCUT2D eigenvalue weighted by Crippen LogP contribution is -2.13. The van der Waals surface area contributed by atoms with E-state index in [1.165, 1.54) is 12.8 Å². The number of rotatable bonds is 12. The molecule has 2 bridgehead atoms. The molecule has 0 amide bonds. The molecule has 6 nitrogen and oxygen atoms in total. The van der Waals surface area contributed by atoms with E-state index in [1.54, 1.807) is 18.2 Å². The van der Waals surface area contributed by atoms with Crippen molar-refractivity contribution < 1.29 is 29.0 Å². The Kier molecular flexibility index (Phi) is 12.5. The molecule has 0 spiro atoms. The maximum absolute atomic E-state index is 12.5. The molecule has 2 aliphatic heterocycles. The third-order valence-corrected chi connectivity index (χ3v) is 5.90. The Hall–Kier alpha value is -2.37. The van der Waals surface area contributed by atoms with Crippen LogP contribution < -0.4 is 0 Å². The zero-order valence-electron chi connectivity index (χ0n) is 19.2. The van der Waals surface area contributed by atoms with Crippen LogP contribution in [0, 0.1) is 0 Å². The smallest absolute Gasteiger partial charge is 0.338 e. The molecule has 1 aromatic rings. The zero-order chi connectivity index (χ0) is 23.0. The molecule has 0 aliphatic carbocycles. The molecule has 0 atom stereocenters. The number of carboxylic acid groups (broad SMARTS) is 1. The molecule has 0 radical (unpaired) electrons. The standard InChI is InChI=1S/C26H38O6/c27-24(28)15-11-7-5-3-1-2-4-6-10-14-21-20-22-16-17-23(21)26(30)32-19-13-9-8-12-18-31-25(22)29/h16-17,20H,1-15,18-19H2,(H,27,28). The molecular formula is C26H38O6. The summed E-state index contributed by atoms with van der Waals surface area (Å²) in [6.07, 6.45) is 14.1. The molecule has 3 rings (SSSR count). The van der Waals surface area contributed by atoms with Gasteiger partial charge in [-0.05, 0) is 68.7 Å². The molecule has 2 heterocycles. The number of carbonyl (C=O) groups is 3. The highest BCUT2D eigenvalue weighted by Crippen LogP contribution is 2.19. The average molecular weight is 447 g/mol. The van der Waals surface area contributed by atoms with Crippen LogP contribution in [0.2, 0.25) is 0 Å². The number of carbonyl (C=O) groups excluding carboxylic acids is 2. The lowest BCUT2D eigenvalue weighted by Gasteiger charge is -2.13. The van der Waals surface area contributed by atoms with Crippen molar-refractivity contribution in [3.05, 3.63) is 34.9 Å². The van der Waals surface area contributed by atoms with Gasteiger partial charge < -0.3 is 14.6 Å². The number of fused-ring (bicyclic) bond motifs is 11. The Morgan fingerprint density at radius 3 is 1.94 bits per heavy atom. The first kappa shape index (κ1) is 25.9. The van der Waals surface area contributed by atoms with Crippen LogP contribution >= 0.6 is 0 Å². The van der Waals surface area contributed by atoms with Gasteiger partial charge in [-0.3, -0.25) is 4.79 Å². The Balaban J connectivity index is 1.77. The number of ether oxygens (including phenoxy) is 2. The van der Waals surface area contributed by atoms with Crippen LogP contribution in [0.3, 0.4) is 0 Å². The minimum absolute atomic E-state index is 0.272. The number of hydrogen-bond donors (Lipinski definition) is 1. The number of aliphatic carboxylic acids is 1. The molecule has 1 N–H and O–H groups in total. The maximum Gasteiger partial charge on any atom is 0.338 e. The highest BCUT2D eigenvalue weighted by Gasteiger charge is 2.17. The number of benzene rings is 1. The van der Waals surface area contributed by atoms with E-state index in [0.29, 0.717) is 24.3 Å². The fraction of sp³-hybridized carbons (Fsp3) is 0.654. The van der Waals surface area contributed by atoms with Gasteiger partial charge in [-0.25, -0.2) is 9.59 Å². The van der Waals surface area contributed by atoms with Gasteiger partial charge >= 0.3 is 17.9 Å². The predicted molar refractivity (Wildman–Crippen MR) is 123 cm³/mol. The van der Waals surface area contributed by atoms with E-state index in [1.807, 2.05) is 0 Å². The van der Waals surface area contributed by atoms with Crippen molar-refractivity contribution in [1.82, 2.24) is 0 Å². The van der Waals surface area contributed by atoms with Crippen molar-refractivity contribution in [3.63, 3.8) is 0 Å². The number of aryl methyl sites for hydroxylation is 1. The number of carboxylic acids is 1. The zero-order valence-corrected chi connectivity index (χ0v) is 19.2. The lowest BCUT2D eigenvalue weighted by molar-refractivity contribution is -0.137. The van der Waals surface area contributed by atoms with Crippen LogP contribution in [-0.4, -0.2) is 36.2 Å². The number of hydrogen-bond acceptors (Lipinski definition) is 5. The minimum Gasteiger partial charge on any atom is -0.481 e. The van der Waals surface area contributed by atoms with Crippen molar-refractivity contribution in [2.75, 3.05) is 13.2 Å².